The zero-order valence-corrected chi connectivity index (χ0v) is 12.9. The number of carbonyl (C=O) groups excluding carboxylic acids is 1. The van der Waals surface area contributed by atoms with Crippen LogP contribution in [-0.2, 0) is 6.42 Å². The molecule has 0 radical (unpaired) electrons. The molecule has 0 atom stereocenters. The molecular formula is C16H18ClN3O. The number of pyridine rings is 1. The minimum Gasteiger partial charge on any atom is -0.370 e. The minimum absolute atomic E-state index is 0.0508. The second kappa shape index (κ2) is 7.09. The molecule has 0 saturated carbocycles. The molecule has 0 fully saturated rings. The summed E-state index contributed by atoms with van der Waals surface area (Å²) in [6, 6.07) is 11.4. The van der Waals surface area contributed by atoms with E-state index in [1.165, 1.54) is 4.90 Å². The summed E-state index contributed by atoms with van der Waals surface area (Å²) >= 11 is 6.11. The fraction of sp³-hybridized carbons (Fsp3) is 0.250. The van der Waals surface area contributed by atoms with E-state index in [9.17, 15) is 4.79 Å². The summed E-state index contributed by atoms with van der Waals surface area (Å²) in [5.74, 6) is 0.697. The molecule has 5 heteroatoms. The lowest BCUT2D eigenvalue weighted by Gasteiger charge is -2.11. The summed E-state index contributed by atoms with van der Waals surface area (Å²) in [5, 5.41) is 4.00. The Morgan fingerprint density at radius 1 is 1.24 bits per heavy atom. The lowest BCUT2D eigenvalue weighted by molar-refractivity contribution is 0.0827. The van der Waals surface area contributed by atoms with Gasteiger partial charge in [0.1, 0.15) is 5.82 Å². The van der Waals surface area contributed by atoms with Gasteiger partial charge >= 0.3 is 0 Å². The van der Waals surface area contributed by atoms with E-state index in [4.69, 9.17) is 11.6 Å². The van der Waals surface area contributed by atoms with E-state index in [-0.39, 0.29) is 5.91 Å². The Kier molecular flexibility index (Phi) is 5.17. The minimum atomic E-state index is -0.0508. The SMILES string of the molecule is CN(C)C(=O)c1ccc(NCCc2ccccc2Cl)nc1. The molecule has 2 rings (SSSR count). The second-order valence-electron chi connectivity index (χ2n) is 4.90. The number of nitrogens with zero attached hydrogens (tertiary/aromatic N) is 2. The maximum absolute atomic E-state index is 11.7. The number of amides is 1. The topological polar surface area (TPSA) is 45.2 Å². The van der Waals surface area contributed by atoms with Gasteiger partial charge in [0, 0.05) is 31.9 Å². The molecule has 21 heavy (non-hydrogen) atoms. The maximum Gasteiger partial charge on any atom is 0.254 e. The third kappa shape index (κ3) is 4.20. The molecule has 110 valence electrons. The van der Waals surface area contributed by atoms with Gasteiger partial charge in [0.15, 0.2) is 0 Å². The molecule has 1 aromatic heterocycles. The molecule has 0 bridgehead atoms. The van der Waals surface area contributed by atoms with Gasteiger partial charge in [-0.15, -0.1) is 0 Å². The molecule has 0 aliphatic heterocycles. The lowest BCUT2D eigenvalue weighted by Crippen LogP contribution is -2.21. The summed E-state index contributed by atoms with van der Waals surface area (Å²) in [4.78, 5) is 17.5. The Balaban J connectivity index is 1.90. The van der Waals surface area contributed by atoms with Crippen molar-refractivity contribution < 1.29 is 4.79 Å². The zero-order chi connectivity index (χ0) is 15.2. The van der Waals surface area contributed by atoms with Crippen LogP contribution in [0.2, 0.25) is 5.02 Å². The van der Waals surface area contributed by atoms with Gasteiger partial charge < -0.3 is 10.2 Å². The molecule has 1 amide bonds. The summed E-state index contributed by atoms with van der Waals surface area (Å²) < 4.78 is 0. The van der Waals surface area contributed by atoms with Crippen molar-refractivity contribution in [2.24, 2.45) is 0 Å². The number of hydrogen-bond acceptors (Lipinski definition) is 3. The van der Waals surface area contributed by atoms with Crippen LogP contribution in [0.1, 0.15) is 15.9 Å². The summed E-state index contributed by atoms with van der Waals surface area (Å²) in [6.45, 7) is 0.734. The normalized spacial score (nSPS) is 10.2. The number of anilines is 1. The molecule has 1 heterocycles. The molecule has 2 aromatic rings. The first-order chi connectivity index (χ1) is 10.1. The van der Waals surface area contributed by atoms with Crippen LogP contribution in [0.15, 0.2) is 42.6 Å². The number of halogens is 1. The van der Waals surface area contributed by atoms with Gasteiger partial charge in [0.25, 0.3) is 5.91 Å². The third-order valence-corrected chi connectivity index (χ3v) is 3.44. The largest absolute Gasteiger partial charge is 0.370 e. The van der Waals surface area contributed by atoms with Crippen molar-refractivity contribution in [3.63, 3.8) is 0 Å². The highest BCUT2D eigenvalue weighted by Gasteiger charge is 2.07. The van der Waals surface area contributed by atoms with Crippen LogP contribution < -0.4 is 5.32 Å². The number of aromatic nitrogens is 1. The molecular weight excluding hydrogens is 286 g/mol. The van der Waals surface area contributed by atoms with Gasteiger partial charge in [0.2, 0.25) is 0 Å². The number of carbonyl (C=O) groups is 1. The van der Waals surface area contributed by atoms with E-state index in [2.05, 4.69) is 10.3 Å². The average molecular weight is 304 g/mol. The second-order valence-corrected chi connectivity index (χ2v) is 5.31. The molecule has 1 N–H and O–H groups in total. The van der Waals surface area contributed by atoms with E-state index >= 15 is 0 Å². The van der Waals surface area contributed by atoms with Gasteiger partial charge in [-0.2, -0.15) is 0 Å². The highest BCUT2D eigenvalue weighted by atomic mass is 35.5. The van der Waals surface area contributed by atoms with Gasteiger partial charge in [-0.25, -0.2) is 4.98 Å². The van der Waals surface area contributed by atoms with Crippen molar-refractivity contribution in [2.45, 2.75) is 6.42 Å². The maximum atomic E-state index is 11.7. The van der Waals surface area contributed by atoms with Gasteiger partial charge in [0.05, 0.1) is 5.56 Å². The van der Waals surface area contributed by atoms with Gasteiger partial charge in [-0.1, -0.05) is 29.8 Å². The van der Waals surface area contributed by atoms with Gasteiger partial charge in [-0.05, 0) is 30.2 Å². The number of rotatable bonds is 5. The van der Waals surface area contributed by atoms with Crippen LogP contribution >= 0.6 is 11.6 Å². The highest BCUT2D eigenvalue weighted by Crippen LogP contribution is 2.15. The van der Waals surface area contributed by atoms with Crippen LogP contribution in [0.3, 0.4) is 0 Å². The first-order valence-corrected chi connectivity index (χ1v) is 7.10. The van der Waals surface area contributed by atoms with Crippen molar-refractivity contribution >= 4 is 23.3 Å². The fourth-order valence-corrected chi connectivity index (χ4v) is 2.14. The first kappa shape index (κ1) is 15.3. The predicted octanol–water partition coefficient (Wildman–Crippen LogP) is 3.09. The van der Waals surface area contributed by atoms with Crippen molar-refractivity contribution in [1.29, 1.82) is 0 Å². The fourth-order valence-electron chi connectivity index (χ4n) is 1.91. The summed E-state index contributed by atoms with van der Waals surface area (Å²) in [5.41, 5.74) is 1.68. The highest BCUT2D eigenvalue weighted by molar-refractivity contribution is 6.31. The number of hydrogen-bond donors (Lipinski definition) is 1. The van der Waals surface area contributed by atoms with E-state index in [1.54, 1.807) is 26.4 Å². The first-order valence-electron chi connectivity index (χ1n) is 6.73. The molecule has 1 aromatic carbocycles. The van der Waals surface area contributed by atoms with Crippen LogP contribution in [0.25, 0.3) is 0 Å². The molecule has 4 nitrogen and oxygen atoms in total. The summed E-state index contributed by atoms with van der Waals surface area (Å²) in [7, 11) is 3.44. The van der Waals surface area contributed by atoms with E-state index < -0.39 is 0 Å². The quantitative estimate of drug-likeness (QED) is 0.923. The van der Waals surface area contributed by atoms with E-state index in [0.29, 0.717) is 5.56 Å². The van der Waals surface area contributed by atoms with Crippen molar-refractivity contribution in [1.82, 2.24) is 9.88 Å². The molecule has 0 spiro atoms. The van der Waals surface area contributed by atoms with Crippen molar-refractivity contribution in [3.05, 3.63) is 58.7 Å². The smallest absolute Gasteiger partial charge is 0.254 e. The predicted molar refractivity (Wildman–Crippen MR) is 85.9 cm³/mol. The molecule has 0 aliphatic rings. The Morgan fingerprint density at radius 2 is 2.00 bits per heavy atom. The van der Waals surface area contributed by atoms with Crippen molar-refractivity contribution in [3.8, 4) is 0 Å². The average Bonchev–Trinajstić information content (AvgIpc) is 2.49. The Hall–Kier alpha value is -2.07. The van der Waals surface area contributed by atoms with Crippen LogP contribution in [-0.4, -0.2) is 36.4 Å². The lowest BCUT2D eigenvalue weighted by atomic mass is 10.1. The Bertz CT molecular complexity index is 611. The van der Waals surface area contributed by atoms with E-state index in [0.717, 1.165) is 29.4 Å². The number of benzene rings is 1. The van der Waals surface area contributed by atoms with E-state index in [1.807, 2.05) is 30.3 Å². The third-order valence-electron chi connectivity index (χ3n) is 3.07. The zero-order valence-electron chi connectivity index (χ0n) is 12.1. The van der Waals surface area contributed by atoms with Gasteiger partial charge in [-0.3, -0.25) is 4.79 Å². The number of nitrogens with one attached hydrogen (secondary N) is 1. The standard InChI is InChI=1S/C16H18ClN3O/c1-20(2)16(21)13-7-8-15(19-11-13)18-10-9-12-5-3-4-6-14(12)17/h3-8,11H,9-10H2,1-2H3,(H,18,19). The van der Waals surface area contributed by atoms with Crippen molar-refractivity contribution in [2.75, 3.05) is 26.0 Å². The van der Waals surface area contributed by atoms with Crippen LogP contribution in [0.5, 0.6) is 0 Å². The monoisotopic (exact) mass is 303 g/mol. The molecule has 0 saturated heterocycles. The Labute approximate surface area is 129 Å². The Morgan fingerprint density at radius 3 is 2.62 bits per heavy atom. The molecule has 0 aliphatic carbocycles. The summed E-state index contributed by atoms with van der Waals surface area (Å²) in [6.07, 6.45) is 2.40. The van der Waals surface area contributed by atoms with Crippen LogP contribution in [0.4, 0.5) is 5.82 Å². The molecule has 0 unspecified atom stereocenters. The van der Waals surface area contributed by atoms with Crippen LogP contribution in [0, 0.1) is 0 Å².